The van der Waals surface area contributed by atoms with E-state index in [1.165, 1.54) is 0 Å². The lowest BCUT2D eigenvalue weighted by atomic mass is 9.99. The van der Waals surface area contributed by atoms with Gasteiger partial charge in [-0.25, -0.2) is 0 Å². The predicted octanol–water partition coefficient (Wildman–Crippen LogP) is 5.63. The molecular weight excluding hydrogens is 312 g/mol. The van der Waals surface area contributed by atoms with E-state index in [9.17, 15) is 4.79 Å². The maximum Gasteiger partial charge on any atom is 0.199 e. The minimum Gasteiger partial charge on any atom is -0.464 e. The molecule has 1 saturated heterocycles. The molecule has 1 aliphatic heterocycles. The lowest BCUT2D eigenvalue weighted by Crippen LogP contribution is -2.25. The fourth-order valence-corrected chi connectivity index (χ4v) is 3.08. The first-order valence-corrected chi connectivity index (χ1v) is 9.29. The molecule has 3 heteroatoms. The third kappa shape index (κ3) is 4.70. The van der Waals surface area contributed by atoms with E-state index >= 15 is 0 Å². The van der Waals surface area contributed by atoms with Crippen LogP contribution >= 0.6 is 0 Å². The molecule has 0 aromatic heterocycles. The summed E-state index contributed by atoms with van der Waals surface area (Å²) in [7, 11) is 0. The summed E-state index contributed by atoms with van der Waals surface area (Å²) < 4.78 is 11.9. The lowest BCUT2D eigenvalue weighted by molar-refractivity contribution is -0.105. The first-order chi connectivity index (χ1) is 12.3. The second kappa shape index (κ2) is 8.82. The van der Waals surface area contributed by atoms with Crippen molar-refractivity contribution in [1.29, 1.82) is 0 Å². The summed E-state index contributed by atoms with van der Waals surface area (Å²) in [5.74, 6) is 0.913. The smallest absolute Gasteiger partial charge is 0.199 e. The lowest BCUT2D eigenvalue weighted by Gasteiger charge is -2.25. The van der Waals surface area contributed by atoms with Crippen LogP contribution in [-0.2, 0) is 4.74 Å². The van der Waals surface area contributed by atoms with Crippen molar-refractivity contribution in [3.05, 3.63) is 54.1 Å². The van der Waals surface area contributed by atoms with Crippen LogP contribution in [0.1, 0.15) is 55.8 Å². The largest absolute Gasteiger partial charge is 0.464 e. The van der Waals surface area contributed by atoms with Gasteiger partial charge in [0.1, 0.15) is 5.75 Å². The number of hydrogen-bond donors (Lipinski definition) is 0. The van der Waals surface area contributed by atoms with E-state index in [1.54, 1.807) is 0 Å². The number of ether oxygens (including phenoxy) is 2. The third-order valence-corrected chi connectivity index (χ3v) is 4.54. The molecular formula is C22H26O3. The Labute approximate surface area is 150 Å². The quantitative estimate of drug-likeness (QED) is 0.614. The summed E-state index contributed by atoms with van der Waals surface area (Å²) in [5, 5.41) is 0. The van der Waals surface area contributed by atoms with E-state index in [-0.39, 0.29) is 12.1 Å². The van der Waals surface area contributed by atoms with Crippen LogP contribution in [0.4, 0.5) is 0 Å². The zero-order valence-electron chi connectivity index (χ0n) is 14.9. The van der Waals surface area contributed by atoms with Gasteiger partial charge in [0.25, 0.3) is 0 Å². The first kappa shape index (κ1) is 17.7. The Kier molecular flexibility index (Phi) is 6.24. The summed E-state index contributed by atoms with van der Waals surface area (Å²) in [6.45, 7) is 2.83. The summed E-state index contributed by atoms with van der Waals surface area (Å²) >= 11 is 0. The van der Waals surface area contributed by atoms with Gasteiger partial charge >= 0.3 is 0 Å². The van der Waals surface area contributed by atoms with Gasteiger partial charge < -0.3 is 9.47 Å². The Morgan fingerprint density at radius 3 is 2.72 bits per heavy atom. The van der Waals surface area contributed by atoms with E-state index in [4.69, 9.17) is 9.47 Å². The molecule has 2 aromatic carbocycles. The summed E-state index contributed by atoms with van der Waals surface area (Å²) in [6.07, 6.45) is 5.38. The Morgan fingerprint density at radius 1 is 1.16 bits per heavy atom. The van der Waals surface area contributed by atoms with E-state index in [2.05, 4.69) is 19.1 Å². The molecule has 0 aliphatic carbocycles. The highest BCUT2D eigenvalue weighted by Crippen LogP contribution is 2.33. The minimum absolute atomic E-state index is 0.177. The highest BCUT2D eigenvalue weighted by atomic mass is 16.7. The standard InChI is InChI=1S/C22H26O3/c1-2-3-11-20(23)18-13-14-19(17-9-5-4-6-10-17)21(16-18)25-22-12-7-8-15-24-22/h4-6,9-10,13-14,16,22H,2-3,7-8,11-12,15H2,1H3. The fourth-order valence-electron chi connectivity index (χ4n) is 3.08. The summed E-state index contributed by atoms with van der Waals surface area (Å²) in [5.41, 5.74) is 2.81. The second-order valence-corrected chi connectivity index (χ2v) is 6.52. The number of Topliss-reactive ketones (excluding diaryl/α,β-unsaturated/α-hetero) is 1. The third-order valence-electron chi connectivity index (χ3n) is 4.54. The SMILES string of the molecule is CCCCC(=O)c1ccc(-c2ccccc2)c(OC2CCCCO2)c1. The number of carbonyl (C=O) groups is 1. The van der Waals surface area contributed by atoms with Crippen LogP contribution in [0.2, 0.25) is 0 Å². The zero-order chi connectivity index (χ0) is 17.5. The Hall–Kier alpha value is -2.13. The molecule has 3 nitrogen and oxygen atoms in total. The second-order valence-electron chi connectivity index (χ2n) is 6.52. The van der Waals surface area contributed by atoms with Crippen molar-refractivity contribution in [2.24, 2.45) is 0 Å². The van der Waals surface area contributed by atoms with E-state index in [0.29, 0.717) is 6.42 Å². The first-order valence-electron chi connectivity index (χ1n) is 9.29. The van der Waals surface area contributed by atoms with Crippen LogP contribution in [0.3, 0.4) is 0 Å². The number of carbonyl (C=O) groups excluding carboxylic acids is 1. The van der Waals surface area contributed by atoms with Crippen LogP contribution in [0, 0.1) is 0 Å². The van der Waals surface area contributed by atoms with Crippen molar-refractivity contribution in [3.8, 4) is 16.9 Å². The molecule has 1 unspecified atom stereocenters. The highest BCUT2D eigenvalue weighted by molar-refractivity contribution is 5.97. The maximum atomic E-state index is 12.4. The van der Waals surface area contributed by atoms with Gasteiger partial charge in [-0.1, -0.05) is 49.7 Å². The molecule has 132 valence electrons. The predicted molar refractivity (Wildman–Crippen MR) is 100.0 cm³/mol. The van der Waals surface area contributed by atoms with Gasteiger partial charge in [-0.15, -0.1) is 0 Å². The average Bonchev–Trinajstić information content (AvgIpc) is 2.67. The van der Waals surface area contributed by atoms with Crippen LogP contribution in [0.5, 0.6) is 5.75 Å². The molecule has 1 heterocycles. The average molecular weight is 338 g/mol. The molecule has 3 rings (SSSR count). The Bertz CT molecular complexity index is 688. The molecule has 0 saturated carbocycles. The Balaban J connectivity index is 1.89. The summed E-state index contributed by atoms with van der Waals surface area (Å²) in [4.78, 5) is 12.4. The molecule has 2 aromatic rings. The van der Waals surface area contributed by atoms with Crippen LogP contribution in [0.25, 0.3) is 11.1 Å². The number of benzene rings is 2. The van der Waals surface area contributed by atoms with Gasteiger partial charge in [0.2, 0.25) is 0 Å². The molecule has 0 N–H and O–H groups in total. The van der Waals surface area contributed by atoms with Crippen molar-refractivity contribution in [3.63, 3.8) is 0 Å². The molecule has 1 atom stereocenters. The molecule has 0 spiro atoms. The highest BCUT2D eigenvalue weighted by Gasteiger charge is 2.19. The van der Waals surface area contributed by atoms with Gasteiger partial charge in [0, 0.05) is 24.0 Å². The van der Waals surface area contributed by atoms with Crippen molar-refractivity contribution in [2.45, 2.75) is 51.7 Å². The topological polar surface area (TPSA) is 35.5 Å². The zero-order valence-corrected chi connectivity index (χ0v) is 14.9. The molecule has 0 amide bonds. The normalized spacial score (nSPS) is 17.2. The monoisotopic (exact) mass is 338 g/mol. The fraction of sp³-hybridized carbons (Fsp3) is 0.409. The van der Waals surface area contributed by atoms with E-state index in [1.807, 2.05) is 36.4 Å². The van der Waals surface area contributed by atoms with Gasteiger partial charge in [0.15, 0.2) is 12.1 Å². The number of rotatable bonds is 7. The number of ketones is 1. The van der Waals surface area contributed by atoms with Crippen molar-refractivity contribution in [2.75, 3.05) is 6.61 Å². The van der Waals surface area contributed by atoms with Gasteiger partial charge in [-0.05, 0) is 37.0 Å². The van der Waals surface area contributed by atoms with Crippen LogP contribution in [0.15, 0.2) is 48.5 Å². The molecule has 25 heavy (non-hydrogen) atoms. The maximum absolute atomic E-state index is 12.4. The van der Waals surface area contributed by atoms with Gasteiger partial charge in [-0.2, -0.15) is 0 Å². The van der Waals surface area contributed by atoms with Crippen molar-refractivity contribution in [1.82, 2.24) is 0 Å². The van der Waals surface area contributed by atoms with E-state index < -0.39 is 0 Å². The molecule has 1 aliphatic rings. The van der Waals surface area contributed by atoms with Crippen LogP contribution in [-0.4, -0.2) is 18.7 Å². The van der Waals surface area contributed by atoms with Crippen molar-refractivity contribution < 1.29 is 14.3 Å². The molecule has 0 bridgehead atoms. The molecule has 1 fully saturated rings. The van der Waals surface area contributed by atoms with Gasteiger partial charge in [0.05, 0.1) is 6.61 Å². The number of unbranched alkanes of at least 4 members (excludes halogenated alkanes) is 1. The van der Waals surface area contributed by atoms with Gasteiger partial charge in [-0.3, -0.25) is 4.79 Å². The molecule has 0 radical (unpaired) electrons. The summed E-state index contributed by atoms with van der Waals surface area (Å²) in [6, 6.07) is 15.9. The van der Waals surface area contributed by atoms with Crippen LogP contribution < -0.4 is 4.74 Å². The van der Waals surface area contributed by atoms with Crippen molar-refractivity contribution >= 4 is 5.78 Å². The minimum atomic E-state index is -0.225. The number of hydrogen-bond acceptors (Lipinski definition) is 3. The Morgan fingerprint density at radius 2 is 2.00 bits per heavy atom. The van der Waals surface area contributed by atoms with E-state index in [0.717, 1.165) is 61.2 Å².